The van der Waals surface area contributed by atoms with Crippen LogP contribution in [0.3, 0.4) is 0 Å². The van der Waals surface area contributed by atoms with Crippen molar-refractivity contribution in [2.45, 2.75) is 63.1 Å². The van der Waals surface area contributed by atoms with Gasteiger partial charge in [-0.3, -0.25) is 4.79 Å². The molecule has 1 saturated carbocycles. The zero-order valence-corrected chi connectivity index (χ0v) is 18.7. The van der Waals surface area contributed by atoms with Crippen LogP contribution in [0.2, 0.25) is 0 Å². The minimum absolute atomic E-state index is 0.0461. The van der Waals surface area contributed by atoms with Crippen molar-refractivity contribution in [3.05, 3.63) is 59.2 Å². The summed E-state index contributed by atoms with van der Waals surface area (Å²) in [7, 11) is 0. The Morgan fingerprint density at radius 3 is 2.62 bits per heavy atom. The van der Waals surface area contributed by atoms with Gasteiger partial charge in [-0.15, -0.1) is 0 Å². The quantitative estimate of drug-likeness (QED) is 0.642. The van der Waals surface area contributed by atoms with Crippen molar-refractivity contribution in [3.63, 3.8) is 0 Å². The van der Waals surface area contributed by atoms with Gasteiger partial charge in [0.1, 0.15) is 0 Å². The second-order valence-corrected chi connectivity index (χ2v) is 9.30. The predicted octanol–water partition coefficient (Wildman–Crippen LogP) is 3.88. The normalized spacial score (nSPS) is 23.8. The van der Waals surface area contributed by atoms with Gasteiger partial charge < -0.3 is 25.4 Å². The van der Waals surface area contributed by atoms with E-state index in [2.05, 4.69) is 41.1 Å². The minimum atomic E-state index is 0.0461. The number of rotatable bonds is 6. The third kappa shape index (κ3) is 4.62. The van der Waals surface area contributed by atoms with Crippen LogP contribution in [0.1, 0.15) is 72.5 Å². The Morgan fingerprint density at radius 2 is 1.81 bits per heavy atom. The van der Waals surface area contributed by atoms with Crippen molar-refractivity contribution in [2.24, 2.45) is 0 Å². The topological polar surface area (TPSA) is 71.6 Å². The molecule has 6 nitrogen and oxygen atoms in total. The summed E-state index contributed by atoms with van der Waals surface area (Å²) in [6.07, 6.45) is 5.43. The SMILES string of the molecule is C[C@@H](N[C@H]1CC[C@@H](c2ccc(C(=O)NC3CCNCC3)cc2)C1)c1cccc2c1OCO2. The summed E-state index contributed by atoms with van der Waals surface area (Å²) in [4.78, 5) is 12.6. The van der Waals surface area contributed by atoms with Gasteiger partial charge in [-0.1, -0.05) is 24.3 Å². The van der Waals surface area contributed by atoms with Gasteiger partial charge in [0, 0.05) is 29.3 Å². The number of hydrogen-bond donors (Lipinski definition) is 3. The molecule has 2 aliphatic heterocycles. The smallest absolute Gasteiger partial charge is 0.251 e. The number of amides is 1. The van der Waals surface area contributed by atoms with Crippen LogP contribution in [0.5, 0.6) is 11.5 Å². The second-order valence-electron chi connectivity index (χ2n) is 9.30. The summed E-state index contributed by atoms with van der Waals surface area (Å²) < 4.78 is 11.2. The number of carbonyl (C=O) groups is 1. The van der Waals surface area contributed by atoms with Gasteiger partial charge in [-0.2, -0.15) is 0 Å². The van der Waals surface area contributed by atoms with E-state index in [4.69, 9.17) is 9.47 Å². The molecule has 1 saturated heterocycles. The van der Waals surface area contributed by atoms with Crippen molar-refractivity contribution in [3.8, 4) is 11.5 Å². The highest BCUT2D eigenvalue weighted by Gasteiger charge is 2.29. The molecule has 0 aromatic heterocycles. The van der Waals surface area contributed by atoms with Gasteiger partial charge in [-0.25, -0.2) is 0 Å². The molecule has 6 heteroatoms. The summed E-state index contributed by atoms with van der Waals surface area (Å²) in [5.41, 5.74) is 3.25. The summed E-state index contributed by atoms with van der Waals surface area (Å²) in [6.45, 7) is 4.46. The number of para-hydroxylation sites is 1. The highest BCUT2D eigenvalue weighted by atomic mass is 16.7. The molecular formula is C26H33N3O3. The zero-order chi connectivity index (χ0) is 21.9. The molecule has 5 rings (SSSR count). The molecule has 3 N–H and O–H groups in total. The van der Waals surface area contributed by atoms with E-state index in [0.717, 1.165) is 67.8 Å². The highest BCUT2D eigenvalue weighted by molar-refractivity contribution is 5.94. The molecular weight excluding hydrogens is 402 g/mol. The first-order valence-corrected chi connectivity index (χ1v) is 11.9. The lowest BCUT2D eigenvalue weighted by atomic mass is 9.96. The third-order valence-corrected chi connectivity index (χ3v) is 7.13. The lowest BCUT2D eigenvalue weighted by Crippen LogP contribution is -2.42. The van der Waals surface area contributed by atoms with E-state index in [9.17, 15) is 4.79 Å². The Morgan fingerprint density at radius 1 is 1.00 bits per heavy atom. The molecule has 1 amide bonds. The standard InChI is InChI=1S/C26H33N3O3/c1-17(23-3-2-4-24-25(23)32-16-31-24)28-22-10-9-20(15-22)18-5-7-19(8-6-18)26(30)29-21-11-13-27-14-12-21/h2-8,17,20-22,27-28H,9-16H2,1H3,(H,29,30)/t17-,20-,22+/m1/s1. The van der Waals surface area contributed by atoms with E-state index in [-0.39, 0.29) is 18.0 Å². The molecule has 3 aliphatic rings. The molecule has 2 fully saturated rings. The van der Waals surface area contributed by atoms with Crippen molar-refractivity contribution in [1.29, 1.82) is 0 Å². The van der Waals surface area contributed by atoms with Crippen LogP contribution in [0, 0.1) is 0 Å². The van der Waals surface area contributed by atoms with Crippen molar-refractivity contribution >= 4 is 5.91 Å². The van der Waals surface area contributed by atoms with Gasteiger partial charge in [0.05, 0.1) is 0 Å². The number of carbonyl (C=O) groups excluding carboxylic acids is 1. The maximum atomic E-state index is 12.6. The molecule has 0 unspecified atom stereocenters. The Kier molecular flexibility index (Phi) is 6.32. The first-order valence-electron chi connectivity index (χ1n) is 11.9. The minimum Gasteiger partial charge on any atom is -0.454 e. The second kappa shape index (κ2) is 9.51. The molecule has 3 atom stereocenters. The molecule has 0 bridgehead atoms. The highest BCUT2D eigenvalue weighted by Crippen LogP contribution is 2.40. The summed E-state index contributed by atoms with van der Waals surface area (Å²) >= 11 is 0. The Bertz CT molecular complexity index is 940. The van der Waals surface area contributed by atoms with Gasteiger partial charge in [0.15, 0.2) is 11.5 Å². The average Bonchev–Trinajstić information content (AvgIpc) is 3.49. The zero-order valence-electron chi connectivity index (χ0n) is 18.7. The molecule has 0 spiro atoms. The number of nitrogens with one attached hydrogen (secondary N) is 3. The fraction of sp³-hybridized carbons (Fsp3) is 0.500. The number of ether oxygens (including phenoxy) is 2. The third-order valence-electron chi connectivity index (χ3n) is 7.13. The molecule has 2 aromatic carbocycles. The molecule has 0 radical (unpaired) electrons. The van der Waals surface area contributed by atoms with Gasteiger partial charge in [0.25, 0.3) is 5.91 Å². The van der Waals surface area contributed by atoms with Crippen LogP contribution in [0.15, 0.2) is 42.5 Å². The summed E-state index contributed by atoms with van der Waals surface area (Å²) in [5, 5.41) is 10.3. The van der Waals surface area contributed by atoms with Crippen molar-refractivity contribution in [1.82, 2.24) is 16.0 Å². The van der Waals surface area contributed by atoms with Crippen LogP contribution in [0.25, 0.3) is 0 Å². The van der Waals surface area contributed by atoms with E-state index in [0.29, 0.717) is 18.8 Å². The van der Waals surface area contributed by atoms with E-state index in [1.165, 1.54) is 5.56 Å². The maximum absolute atomic E-state index is 12.6. The lowest BCUT2D eigenvalue weighted by molar-refractivity contribution is 0.0929. The summed E-state index contributed by atoms with van der Waals surface area (Å²) in [6, 6.07) is 15.3. The van der Waals surface area contributed by atoms with E-state index >= 15 is 0 Å². The van der Waals surface area contributed by atoms with Crippen LogP contribution < -0.4 is 25.4 Å². The molecule has 2 aromatic rings. The number of hydrogen-bond acceptors (Lipinski definition) is 5. The van der Waals surface area contributed by atoms with Crippen molar-refractivity contribution < 1.29 is 14.3 Å². The molecule has 32 heavy (non-hydrogen) atoms. The monoisotopic (exact) mass is 435 g/mol. The number of fused-ring (bicyclic) bond motifs is 1. The maximum Gasteiger partial charge on any atom is 0.251 e. The summed E-state index contributed by atoms with van der Waals surface area (Å²) in [5.74, 6) is 2.29. The molecule has 2 heterocycles. The number of benzene rings is 2. The van der Waals surface area contributed by atoms with E-state index < -0.39 is 0 Å². The Labute approximate surface area is 190 Å². The fourth-order valence-electron chi connectivity index (χ4n) is 5.31. The largest absolute Gasteiger partial charge is 0.454 e. The lowest BCUT2D eigenvalue weighted by Gasteiger charge is -2.23. The molecule has 1 aliphatic carbocycles. The van der Waals surface area contributed by atoms with E-state index in [1.54, 1.807) is 0 Å². The van der Waals surface area contributed by atoms with Gasteiger partial charge >= 0.3 is 0 Å². The van der Waals surface area contributed by atoms with Gasteiger partial charge in [-0.05, 0) is 81.8 Å². The van der Waals surface area contributed by atoms with Crippen LogP contribution >= 0.6 is 0 Å². The van der Waals surface area contributed by atoms with Gasteiger partial charge in [0.2, 0.25) is 6.79 Å². The average molecular weight is 436 g/mol. The predicted molar refractivity (Wildman–Crippen MR) is 124 cm³/mol. The fourth-order valence-corrected chi connectivity index (χ4v) is 5.31. The first-order chi connectivity index (χ1) is 15.7. The van der Waals surface area contributed by atoms with Crippen LogP contribution in [-0.4, -0.2) is 37.9 Å². The van der Waals surface area contributed by atoms with Crippen molar-refractivity contribution in [2.75, 3.05) is 19.9 Å². The Hall–Kier alpha value is -2.57. The van der Waals surface area contributed by atoms with Crippen LogP contribution in [0.4, 0.5) is 0 Å². The Balaban J connectivity index is 1.16. The first kappa shape index (κ1) is 21.3. The van der Waals surface area contributed by atoms with E-state index in [1.807, 2.05) is 24.3 Å². The number of piperidine rings is 1. The molecule has 170 valence electrons. The van der Waals surface area contributed by atoms with Crippen LogP contribution in [-0.2, 0) is 0 Å².